The first kappa shape index (κ1) is 14.6. The van der Waals surface area contributed by atoms with Gasteiger partial charge in [-0.05, 0) is 37.1 Å². The fourth-order valence-electron chi connectivity index (χ4n) is 2.12. The first-order chi connectivity index (χ1) is 9.61. The van der Waals surface area contributed by atoms with Gasteiger partial charge in [0.15, 0.2) is 11.6 Å². The van der Waals surface area contributed by atoms with Gasteiger partial charge in [0.2, 0.25) is 0 Å². The number of rotatable bonds is 6. The third-order valence-electron chi connectivity index (χ3n) is 3.17. The van der Waals surface area contributed by atoms with E-state index < -0.39 is 11.6 Å². The molecular weight excluding hydrogens is 262 g/mol. The highest BCUT2D eigenvalue weighted by Gasteiger charge is 2.16. The molecular formula is C14H18F2N4. The summed E-state index contributed by atoms with van der Waals surface area (Å²) in [4.78, 5) is 0. The van der Waals surface area contributed by atoms with E-state index in [4.69, 9.17) is 0 Å². The van der Waals surface area contributed by atoms with Gasteiger partial charge in [-0.1, -0.05) is 18.2 Å². The molecule has 108 valence electrons. The molecule has 20 heavy (non-hydrogen) atoms. The zero-order valence-corrected chi connectivity index (χ0v) is 11.6. The summed E-state index contributed by atoms with van der Waals surface area (Å²) < 4.78 is 27.9. The Labute approximate surface area is 116 Å². The molecule has 0 saturated carbocycles. The highest BCUT2D eigenvalue weighted by molar-refractivity contribution is 5.20. The van der Waals surface area contributed by atoms with Crippen molar-refractivity contribution in [1.29, 1.82) is 0 Å². The largest absolute Gasteiger partial charge is 0.308 e. The maximum Gasteiger partial charge on any atom is 0.159 e. The minimum Gasteiger partial charge on any atom is -0.308 e. The fourth-order valence-corrected chi connectivity index (χ4v) is 2.12. The number of hydrogen-bond acceptors (Lipinski definition) is 3. The van der Waals surface area contributed by atoms with Crippen molar-refractivity contribution in [2.24, 2.45) is 7.05 Å². The zero-order valence-electron chi connectivity index (χ0n) is 11.6. The molecule has 0 fully saturated rings. The van der Waals surface area contributed by atoms with Gasteiger partial charge in [-0.3, -0.25) is 4.68 Å². The van der Waals surface area contributed by atoms with E-state index in [0.29, 0.717) is 6.42 Å². The second-order valence-electron chi connectivity index (χ2n) is 4.74. The number of aromatic nitrogens is 3. The molecule has 1 N–H and O–H groups in total. The second-order valence-corrected chi connectivity index (χ2v) is 4.74. The smallest absolute Gasteiger partial charge is 0.159 e. The number of hydrogen-bond donors (Lipinski definition) is 1. The molecule has 0 amide bonds. The van der Waals surface area contributed by atoms with Crippen molar-refractivity contribution in [3.05, 3.63) is 47.3 Å². The molecule has 1 unspecified atom stereocenters. The van der Waals surface area contributed by atoms with Crippen molar-refractivity contribution in [3.63, 3.8) is 0 Å². The molecule has 6 heteroatoms. The van der Waals surface area contributed by atoms with Gasteiger partial charge in [0.1, 0.15) is 0 Å². The van der Waals surface area contributed by atoms with Crippen LogP contribution in [0.25, 0.3) is 0 Å². The number of nitrogens with zero attached hydrogens (tertiary/aromatic N) is 3. The summed E-state index contributed by atoms with van der Waals surface area (Å²) in [5.74, 6) is -1.64. The van der Waals surface area contributed by atoms with Gasteiger partial charge in [0.05, 0.1) is 17.9 Å². The Morgan fingerprint density at radius 1 is 1.30 bits per heavy atom. The Balaban J connectivity index is 2.19. The van der Waals surface area contributed by atoms with Crippen LogP contribution in [0.5, 0.6) is 0 Å². The SMILES string of the molecule is CCCNC(Cc1ccc(F)c(F)c1)c1cnnn1C. The molecule has 1 heterocycles. The molecule has 0 bridgehead atoms. The van der Waals surface area contributed by atoms with Crippen molar-refractivity contribution < 1.29 is 8.78 Å². The average molecular weight is 280 g/mol. The number of halogens is 2. The van der Waals surface area contributed by atoms with Crippen LogP contribution in [0.3, 0.4) is 0 Å². The van der Waals surface area contributed by atoms with E-state index in [-0.39, 0.29) is 6.04 Å². The van der Waals surface area contributed by atoms with Crippen molar-refractivity contribution in [1.82, 2.24) is 20.3 Å². The van der Waals surface area contributed by atoms with E-state index >= 15 is 0 Å². The lowest BCUT2D eigenvalue weighted by atomic mass is 10.0. The third-order valence-corrected chi connectivity index (χ3v) is 3.17. The van der Waals surface area contributed by atoms with Crippen LogP contribution in [0.4, 0.5) is 8.78 Å². The Morgan fingerprint density at radius 2 is 2.10 bits per heavy atom. The summed E-state index contributed by atoms with van der Waals surface area (Å²) in [7, 11) is 1.81. The maximum absolute atomic E-state index is 13.3. The summed E-state index contributed by atoms with van der Waals surface area (Å²) in [6.07, 6.45) is 3.23. The third kappa shape index (κ3) is 3.39. The van der Waals surface area contributed by atoms with E-state index in [1.54, 1.807) is 16.9 Å². The second kappa shape index (κ2) is 6.56. The Kier molecular flexibility index (Phi) is 4.79. The van der Waals surface area contributed by atoms with Gasteiger partial charge in [0.25, 0.3) is 0 Å². The molecule has 0 aliphatic heterocycles. The van der Waals surface area contributed by atoms with Crippen molar-refractivity contribution in [2.75, 3.05) is 6.54 Å². The van der Waals surface area contributed by atoms with Crippen LogP contribution in [0.2, 0.25) is 0 Å². The summed E-state index contributed by atoms with van der Waals surface area (Å²) in [6, 6.07) is 3.96. The van der Waals surface area contributed by atoms with Gasteiger partial charge in [-0.2, -0.15) is 0 Å². The lowest BCUT2D eigenvalue weighted by Gasteiger charge is -2.18. The van der Waals surface area contributed by atoms with Crippen LogP contribution >= 0.6 is 0 Å². The molecule has 0 aliphatic rings. The van der Waals surface area contributed by atoms with Crippen molar-refractivity contribution in [3.8, 4) is 0 Å². The first-order valence-electron chi connectivity index (χ1n) is 6.63. The first-order valence-corrected chi connectivity index (χ1v) is 6.63. The lowest BCUT2D eigenvalue weighted by molar-refractivity contribution is 0.484. The van der Waals surface area contributed by atoms with E-state index in [2.05, 4.69) is 22.6 Å². The summed E-state index contributed by atoms with van der Waals surface area (Å²) in [5.41, 5.74) is 1.65. The Bertz CT molecular complexity index is 568. The van der Waals surface area contributed by atoms with Gasteiger partial charge in [0, 0.05) is 7.05 Å². The number of benzene rings is 1. The summed E-state index contributed by atoms with van der Waals surface area (Å²) in [5, 5.41) is 11.2. The van der Waals surface area contributed by atoms with Gasteiger partial charge in [-0.15, -0.1) is 5.10 Å². The highest BCUT2D eigenvalue weighted by Crippen LogP contribution is 2.18. The van der Waals surface area contributed by atoms with E-state index in [1.807, 2.05) is 7.05 Å². The fraction of sp³-hybridized carbons (Fsp3) is 0.429. The molecule has 0 saturated heterocycles. The predicted octanol–water partition coefficient (Wildman–Crippen LogP) is 2.38. The van der Waals surface area contributed by atoms with Gasteiger partial charge in [-0.25, -0.2) is 8.78 Å². The van der Waals surface area contributed by atoms with Crippen LogP contribution in [-0.4, -0.2) is 21.5 Å². The number of nitrogens with one attached hydrogen (secondary N) is 1. The van der Waals surface area contributed by atoms with Crippen molar-refractivity contribution in [2.45, 2.75) is 25.8 Å². The quantitative estimate of drug-likeness (QED) is 0.883. The van der Waals surface area contributed by atoms with Crippen LogP contribution in [0, 0.1) is 11.6 Å². The molecule has 1 atom stereocenters. The average Bonchev–Trinajstić information content (AvgIpc) is 2.85. The van der Waals surface area contributed by atoms with Crippen LogP contribution in [0.15, 0.2) is 24.4 Å². The van der Waals surface area contributed by atoms with Crippen LogP contribution in [0.1, 0.15) is 30.6 Å². The van der Waals surface area contributed by atoms with E-state index in [1.165, 1.54) is 6.07 Å². The molecule has 4 nitrogen and oxygen atoms in total. The lowest BCUT2D eigenvalue weighted by Crippen LogP contribution is -2.26. The van der Waals surface area contributed by atoms with Gasteiger partial charge >= 0.3 is 0 Å². The molecule has 1 aromatic heterocycles. The van der Waals surface area contributed by atoms with E-state index in [9.17, 15) is 8.78 Å². The maximum atomic E-state index is 13.3. The summed E-state index contributed by atoms with van der Waals surface area (Å²) >= 11 is 0. The normalized spacial score (nSPS) is 12.6. The van der Waals surface area contributed by atoms with Gasteiger partial charge < -0.3 is 5.32 Å². The number of aryl methyl sites for hydroxylation is 1. The monoisotopic (exact) mass is 280 g/mol. The molecule has 0 radical (unpaired) electrons. The Morgan fingerprint density at radius 3 is 2.70 bits per heavy atom. The van der Waals surface area contributed by atoms with Crippen LogP contribution < -0.4 is 5.32 Å². The molecule has 0 aliphatic carbocycles. The zero-order chi connectivity index (χ0) is 14.5. The van der Waals surface area contributed by atoms with E-state index in [0.717, 1.165) is 30.3 Å². The Hall–Kier alpha value is -1.82. The molecule has 0 spiro atoms. The predicted molar refractivity (Wildman–Crippen MR) is 72.1 cm³/mol. The minimum absolute atomic E-state index is 0.0280. The summed E-state index contributed by atoms with van der Waals surface area (Å²) in [6.45, 7) is 2.91. The van der Waals surface area contributed by atoms with Crippen LogP contribution in [-0.2, 0) is 13.5 Å². The molecule has 2 rings (SSSR count). The molecule has 2 aromatic rings. The van der Waals surface area contributed by atoms with Crippen molar-refractivity contribution >= 4 is 0 Å². The standard InChI is InChI=1S/C14H18F2N4/c1-3-6-17-13(14-9-18-19-20(14)2)8-10-4-5-11(15)12(16)7-10/h4-5,7,9,13,17H,3,6,8H2,1-2H3. The topological polar surface area (TPSA) is 42.7 Å². The highest BCUT2D eigenvalue weighted by atomic mass is 19.2. The molecule has 1 aromatic carbocycles. The minimum atomic E-state index is -0.825.